The van der Waals surface area contributed by atoms with E-state index >= 15 is 0 Å². The molecule has 144 valence electrons. The van der Waals surface area contributed by atoms with Crippen molar-refractivity contribution in [2.24, 2.45) is 7.05 Å². The molecule has 28 heavy (non-hydrogen) atoms. The van der Waals surface area contributed by atoms with Crippen molar-refractivity contribution in [2.75, 3.05) is 0 Å². The molecule has 0 aliphatic heterocycles. The Morgan fingerprint density at radius 2 is 1.93 bits per heavy atom. The Hall–Kier alpha value is -3.49. The molecule has 0 radical (unpaired) electrons. The Balaban J connectivity index is 1.63. The van der Waals surface area contributed by atoms with Gasteiger partial charge in [-0.25, -0.2) is 0 Å². The summed E-state index contributed by atoms with van der Waals surface area (Å²) in [6.07, 6.45) is 5.38. The van der Waals surface area contributed by atoms with Crippen molar-refractivity contribution >= 4 is 11.6 Å². The van der Waals surface area contributed by atoms with Gasteiger partial charge in [0.05, 0.1) is 17.3 Å². The number of carbonyl (C=O) groups excluding carboxylic acids is 1. The normalized spacial score (nSPS) is 12.6. The lowest BCUT2D eigenvalue weighted by molar-refractivity contribution is 0.0937. The van der Waals surface area contributed by atoms with Gasteiger partial charge >= 0.3 is 0 Å². The van der Waals surface area contributed by atoms with Crippen LogP contribution in [0.5, 0.6) is 0 Å². The minimum Gasteiger partial charge on any atom is -0.348 e. The molecular weight excluding hydrogens is 356 g/mol. The van der Waals surface area contributed by atoms with Crippen molar-refractivity contribution in [1.29, 1.82) is 0 Å². The molecule has 0 fully saturated rings. The molecule has 0 aliphatic rings. The lowest BCUT2D eigenvalue weighted by Gasteiger charge is -2.17. The molecule has 1 N–H and O–H groups in total. The highest BCUT2D eigenvalue weighted by atomic mass is 16.1. The summed E-state index contributed by atoms with van der Waals surface area (Å²) in [6, 6.07) is 7.37. The van der Waals surface area contributed by atoms with E-state index in [4.69, 9.17) is 0 Å². The molecule has 9 heteroatoms. The predicted octanol–water partition coefficient (Wildman–Crippen LogP) is 2.40. The third-order valence-electron chi connectivity index (χ3n) is 4.73. The monoisotopic (exact) mass is 378 g/mol. The predicted molar refractivity (Wildman–Crippen MR) is 104 cm³/mol. The first-order valence-electron chi connectivity index (χ1n) is 9.12. The minimum absolute atomic E-state index is 0.195. The summed E-state index contributed by atoms with van der Waals surface area (Å²) >= 11 is 0. The molecule has 4 aromatic heterocycles. The Bertz CT molecular complexity index is 1140. The number of carbonyl (C=O) groups is 1. The summed E-state index contributed by atoms with van der Waals surface area (Å²) in [5.41, 5.74) is 2.12. The zero-order valence-corrected chi connectivity index (χ0v) is 16.2. The van der Waals surface area contributed by atoms with Crippen LogP contribution in [0, 0.1) is 0 Å². The van der Waals surface area contributed by atoms with E-state index < -0.39 is 0 Å². The van der Waals surface area contributed by atoms with Gasteiger partial charge in [0, 0.05) is 25.5 Å². The molecule has 0 aliphatic carbocycles. The quantitative estimate of drug-likeness (QED) is 0.575. The van der Waals surface area contributed by atoms with Crippen molar-refractivity contribution in [3.63, 3.8) is 0 Å². The molecule has 0 bridgehead atoms. The van der Waals surface area contributed by atoms with Crippen molar-refractivity contribution in [3.8, 4) is 11.5 Å². The Morgan fingerprint density at radius 3 is 2.64 bits per heavy atom. The first-order chi connectivity index (χ1) is 13.5. The number of nitrogens with one attached hydrogen (secondary N) is 1. The van der Waals surface area contributed by atoms with Gasteiger partial charge in [0.25, 0.3) is 5.91 Å². The van der Waals surface area contributed by atoms with E-state index in [0.717, 1.165) is 11.5 Å². The third kappa shape index (κ3) is 3.04. The number of fused-ring (bicyclic) bond motifs is 1. The summed E-state index contributed by atoms with van der Waals surface area (Å²) in [7, 11) is 1.94. The molecule has 0 saturated carbocycles. The molecule has 4 rings (SSSR count). The van der Waals surface area contributed by atoms with Crippen molar-refractivity contribution in [2.45, 2.75) is 32.9 Å². The average molecular weight is 378 g/mol. The topological polar surface area (TPSA) is 94.9 Å². The number of nitrogens with zero attached hydrogens (tertiary/aromatic N) is 7. The van der Waals surface area contributed by atoms with Gasteiger partial charge in [-0.2, -0.15) is 0 Å². The number of amides is 1. The second kappa shape index (κ2) is 6.91. The Kier molecular flexibility index (Phi) is 4.42. The van der Waals surface area contributed by atoms with E-state index in [2.05, 4.69) is 25.7 Å². The molecule has 4 heterocycles. The summed E-state index contributed by atoms with van der Waals surface area (Å²) in [4.78, 5) is 12.8. The van der Waals surface area contributed by atoms with Crippen LogP contribution in [0.3, 0.4) is 0 Å². The number of hydrogen-bond acceptors (Lipinski definition) is 5. The fraction of sp³-hybridized carbons (Fsp3) is 0.316. The lowest BCUT2D eigenvalue weighted by atomic mass is 10.2. The van der Waals surface area contributed by atoms with E-state index in [-0.39, 0.29) is 18.0 Å². The van der Waals surface area contributed by atoms with Gasteiger partial charge in [0.1, 0.15) is 6.33 Å². The number of rotatable bonds is 5. The standard InChI is InChI=1S/C19H22N8O/c1-12(2)27-11-20-23-17(27)13(3)21-19(28)14-7-8-16-22-24-18(26(16)10-14)15-6-5-9-25(15)4/h5-13H,1-4H3,(H,21,28). The minimum atomic E-state index is -0.277. The number of hydrogen-bond donors (Lipinski definition) is 1. The Morgan fingerprint density at radius 1 is 1.11 bits per heavy atom. The maximum absolute atomic E-state index is 12.8. The molecule has 1 unspecified atom stereocenters. The number of aryl methyl sites for hydroxylation is 1. The smallest absolute Gasteiger partial charge is 0.253 e. The highest BCUT2D eigenvalue weighted by Gasteiger charge is 2.19. The van der Waals surface area contributed by atoms with Crippen LogP contribution in [0.15, 0.2) is 43.0 Å². The summed E-state index contributed by atoms with van der Waals surface area (Å²) in [6.45, 7) is 5.99. The van der Waals surface area contributed by atoms with Gasteiger partial charge in [-0.3, -0.25) is 9.20 Å². The highest BCUT2D eigenvalue weighted by Crippen LogP contribution is 2.20. The van der Waals surface area contributed by atoms with Crippen LogP contribution in [0.4, 0.5) is 0 Å². The molecule has 1 amide bonds. The second-order valence-corrected chi connectivity index (χ2v) is 7.06. The molecule has 9 nitrogen and oxygen atoms in total. The van der Waals surface area contributed by atoms with Crippen LogP contribution in [0.2, 0.25) is 0 Å². The van der Waals surface area contributed by atoms with E-state index in [1.54, 1.807) is 24.7 Å². The van der Waals surface area contributed by atoms with Gasteiger partial charge < -0.3 is 14.5 Å². The largest absolute Gasteiger partial charge is 0.348 e. The molecule has 4 aromatic rings. The van der Waals surface area contributed by atoms with E-state index in [9.17, 15) is 4.79 Å². The van der Waals surface area contributed by atoms with Crippen molar-refractivity contribution in [1.82, 2.24) is 39.2 Å². The third-order valence-corrected chi connectivity index (χ3v) is 4.73. The van der Waals surface area contributed by atoms with Gasteiger partial charge in [-0.1, -0.05) is 0 Å². The summed E-state index contributed by atoms with van der Waals surface area (Å²) < 4.78 is 5.73. The van der Waals surface area contributed by atoms with Crippen molar-refractivity contribution < 1.29 is 4.79 Å². The van der Waals surface area contributed by atoms with E-state index in [1.165, 1.54) is 0 Å². The molecule has 0 spiro atoms. The van der Waals surface area contributed by atoms with Gasteiger partial charge in [0.15, 0.2) is 17.3 Å². The fourth-order valence-corrected chi connectivity index (χ4v) is 3.20. The van der Waals surface area contributed by atoms with Crippen molar-refractivity contribution in [3.05, 3.63) is 54.4 Å². The van der Waals surface area contributed by atoms with Crippen LogP contribution in [-0.2, 0) is 7.05 Å². The van der Waals surface area contributed by atoms with Crippen LogP contribution in [-0.4, -0.2) is 39.8 Å². The van der Waals surface area contributed by atoms with E-state index in [1.807, 2.05) is 59.7 Å². The van der Waals surface area contributed by atoms with Crippen LogP contribution in [0.25, 0.3) is 17.2 Å². The van der Waals surface area contributed by atoms with Crippen LogP contribution in [0.1, 0.15) is 49.0 Å². The van der Waals surface area contributed by atoms with Crippen LogP contribution < -0.4 is 5.32 Å². The molecule has 0 saturated heterocycles. The first kappa shape index (κ1) is 17.9. The second-order valence-electron chi connectivity index (χ2n) is 7.06. The number of pyridine rings is 1. The zero-order chi connectivity index (χ0) is 19.8. The van der Waals surface area contributed by atoms with E-state index in [0.29, 0.717) is 17.0 Å². The average Bonchev–Trinajstić information content (AvgIpc) is 3.39. The highest BCUT2D eigenvalue weighted by molar-refractivity contribution is 5.94. The van der Waals surface area contributed by atoms with Gasteiger partial charge in [0.2, 0.25) is 0 Å². The zero-order valence-electron chi connectivity index (χ0n) is 16.2. The maximum atomic E-state index is 12.8. The summed E-state index contributed by atoms with van der Waals surface area (Å²) in [5, 5.41) is 19.6. The summed E-state index contributed by atoms with van der Waals surface area (Å²) in [5.74, 6) is 1.21. The maximum Gasteiger partial charge on any atom is 0.253 e. The van der Waals surface area contributed by atoms with Gasteiger partial charge in [-0.15, -0.1) is 20.4 Å². The van der Waals surface area contributed by atoms with Gasteiger partial charge in [-0.05, 0) is 45.0 Å². The number of aromatic nitrogens is 7. The van der Waals surface area contributed by atoms with Crippen LogP contribution >= 0.6 is 0 Å². The first-order valence-corrected chi connectivity index (χ1v) is 9.12. The lowest BCUT2D eigenvalue weighted by Crippen LogP contribution is -2.29. The fourth-order valence-electron chi connectivity index (χ4n) is 3.20. The Labute approximate surface area is 162 Å². The molecular formula is C19H22N8O. The molecule has 0 aromatic carbocycles. The SMILES string of the molecule is CC(NC(=O)c1ccc2nnc(-c3cccn3C)n2c1)c1nncn1C(C)C. The molecule has 1 atom stereocenters.